The van der Waals surface area contributed by atoms with Gasteiger partial charge in [0.25, 0.3) is 0 Å². The molecule has 1 aliphatic carbocycles. The van der Waals surface area contributed by atoms with Gasteiger partial charge in [0.05, 0.1) is 11.9 Å². The maximum atomic E-state index is 11.7. The van der Waals surface area contributed by atoms with Gasteiger partial charge < -0.3 is 30.1 Å². The summed E-state index contributed by atoms with van der Waals surface area (Å²) in [5.41, 5.74) is 10.7. The number of aromatic hydroxyl groups is 1. The van der Waals surface area contributed by atoms with Gasteiger partial charge in [0.15, 0.2) is 0 Å². The SMILES string of the molecule is COCCOc1ccc2c(c1)C(Cc1cccc(P(=O)(O)O)c1)c1c(O)cc(N)cc1-2. The fraction of sp³-hybridized carbons (Fsp3) is 0.217. The first kappa shape index (κ1) is 21.4. The Hall–Kier alpha value is -2.83. The second-order valence-corrected chi connectivity index (χ2v) is 9.17. The highest BCUT2D eigenvalue weighted by Gasteiger charge is 2.32. The molecule has 162 valence electrons. The molecule has 0 amide bonds. The lowest BCUT2D eigenvalue weighted by atomic mass is 9.89. The summed E-state index contributed by atoms with van der Waals surface area (Å²) in [6, 6.07) is 15.5. The molecule has 0 fully saturated rings. The van der Waals surface area contributed by atoms with Gasteiger partial charge in [-0.25, -0.2) is 0 Å². The Balaban J connectivity index is 1.77. The predicted octanol–water partition coefficient (Wildman–Crippen LogP) is 3.16. The molecule has 4 rings (SSSR count). The van der Waals surface area contributed by atoms with E-state index in [0.29, 0.717) is 31.1 Å². The monoisotopic (exact) mass is 441 g/mol. The molecule has 1 aliphatic rings. The van der Waals surface area contributed by atoms with Crippen LogP contribution >= 0.6 is 7.60 Å². The van der Waals surface area contributed by atoms with Crippen molar-refractivity contribution in [1.29, 1.82) is 0 Å². The van der Waals surface area contributed by atoms with E-state index in [1.807, 2.05) is 30.3 Å². The van der Waals surface area contributed by atoms with Crippen LogP contribution in [0.25, 0.3) is 11.1 Å². The van der Waals surface area contributed by atoms with Crippen molar-refractivity contribution in [3.63, 3.8) is 0 Å². The van der Waals surface area contributed by atoms with Gasteiger partial charge in [-0.2, -0.15) is 0 Å². The van der Waals surface area contributed by atoms with Crippen LogP contribution in [-0.2, 0) is 15.7 Å². The molecule has 0 saturated heterocycles. The molecule has 1 atom stereocenters. The Kier molecular flexibility index (Phi) is 5.77. The maximum Gasteiger partial charge on any atom is 0.356 e. The van der Waals surface area contributed by atoms with Crippen molar-refractivity contribution >= 4 is 18.6 Å². The molecule has 3 aromatic rings. The molecular weight excluding hydrogens is 417 g/mol. The second-order valence-electron chi connectivity index (χ2n) is 7.56. The van der Waals surface area contributed by atoms with Crippen molar-refractivity contribution in [2.45, 2.75) is 12.3 Å². The van der Waals surface area contributed by atoms with Crippen LogP contribution in [0.5, 0.6) is 11.5 Å². The van der Waals surface area contributed by atoms with Crippen LogP contribution in [0, 0.1) is 0 Å². The van der Waals surface area contributed by atoms with Gasteiger partial charge in [-0.1, -0.05) is 18.2 Å². The highest BCUT2D eigenvalue weighted by molar-refractivity contribution is 7.60. The number of hydrogen-bond acceptors (Lipinski definition) is 5. The minimum atomic E-state index is -4.36. The van der Waals surface area contributed by atoms with Crippen molar-refractivity contribution in [2.75, 3.05) is 26.1 Å². The zero-order valence-corrected chi connectivity index (χ0v) is 17.9. The van der Waals surface area contributed by atoms with E-state index in [9.17, 15) is 19.5 Å². The van der Waals surface area contributed by atoms with E-state index in [0.717, 1.165) is 27.8 Å². The van der Waals surface area contributed by atoms with Gasteiger partial charge in [-0.3, -0.25) is 4.57 Å². The average Bonchev–Trinajstić information content (AvgIpc) is 3.01. The minimum Gasteiger partial charge on any atom is -0.508 e. The molecule has 31 heavy (non-hydrogen) atoms. The number of anilines is 1. The molecule has 3 aromatic carbocycles. The molecule has 0 radical (unpaired) electrons. The lowest BCUT2D eigenvalue weighted by Crippen LogP contribution is -2.08. The molecule has 0 spiro atoms. The quantitative estimate of drug-likeness (QED) is 0.252. The molecule has 8 heteroatoms. The van der Waals surface area contributed by atoms with Gasteiger partial charge in [-0.15, -0.1) is 0 Å². The van der Waals surface area contributed by atoms with Crippen LogP contribution in [0.2, 0.25) is 0 Å². The minimum absolute atomic E-state index is 0.0263. The molecule has 0 aromatic heterocycles. The van der Waals surface area contributed by atoms with Crippen LogP contribution in [0.1, 0.15) is 22.6 Å². The van der Waals surface area contributed by atoms with E-state index < -0.39 is 7.60 Å². The van der Waals surface area contributed by atoms with Crippen molar-refractivity contribution < 1.29 is 28.9 Å². The topological polar surface area (TPSA) is 122 Å². The summed E-state index contributed by atoms with van der Waals surface area (Å²) in [4.78, 5) is 19.1. The first-order valence-corrected chi connectivity index (χ1v) is 11.4. The zero-order valence-electron chi connectivity index (χ0n) is 17.0. The molecule has 7 nitrogen and oxygen atoms in total. The third kappa shape index (κ3) is 4.31. The molecule has 0 heterocycles. The lowest BCUT2D eigenvalue weighted by Gasteiger charge is -2.17. The highest BCUT2D eigenvalue weighted by atomic mass is 31.2. The number of phenolic OH excluding ortho intramolecular Hbond substituents is 1. The number of fused-ring (bicyclic) bond motifs is 3. The van der Waals surface area contributed by atoms with E-state index in [2.05, 4.69) is 0 Å². The van der Waals surface area contributed by atoms with Crippen molar-refractivity contribution in [1.82, 2.24) is 0 Å². The third-order valence-corrected chi connectivity index (χ3v) is 6.41. The Morgan fingerprint density at radius 3 is 2.58 bits per heavy atom. The van der Waals surface area contributed by atoms with Gasteiger partial charge in [0.2, 0.25) is 0 Å². The Bertz CT molecular complexity index is 1170. The van der Waals surface area contributed by atoms with E-state index >= 15 is 0 Å². The highest BCUT2D eigenvalue weighted by Crippen LogP contribution is 2.51. The maximum absolute atomic E-state index is 11.7. The fourth-order valence-electron chi connectivity index (χ4n) is 4.12. The summed E-state index contributed by atoms with van der Waals surface area (Å²) in [7, 11) is -2.75. The number of nitrogens with two attached hydrogens (primary N) is 1. The van der Waals surface area contributed by atoms with Crippen molar-refractivity contribution in [2.24, 2.45) is 0 Å². The average molecular weight is 441 g/mol. The largest absolute Gasteiger partial charge is 0.508 e. The molecule has 0 bridgehead atoms. The molecule has 0 saturated carbocycles. The summed E-state index contributed by atoms with van der Waals surface area (Å²) in [5, 5.41) is 10.7. The van der Waals surface area contributed by atoms with Gasteiger partial charge in [0, 0.05) is 30.3 Å². The fourth-order valence-corrected chi connectivity index (χ4v) is 4.74. The zero-order chi connectivity index (χ0) is 22.2. The standard InChI is InChI=1S/C23H24NO6P/c1-29-7-8-30-16-5-6-18-19(13-16)20(23-21(18)11-15(24)12-22(23)25)10-14-3-2-4-17(9-14)31(26,27)28/h2-6,9,11-13,20,25H,7-8,10,24H2,1H3,(H2,26,27,28). The Labute approximate surface area is 180 Å². The van der Waals surface area contributed by atoms with Crippen LogP contribution in [0.4, 0.5) is 5.69 Å². The first-order valence-electron chi connectivity index (χ1n) is 9.81. The summed E-state index contributed by atoms with van der Waals surface area (Å²) in [6.45, 7) is 0.878. The van der Waals surface area contributed by atoms with Crippen LogP contribution in [-0.4, -0.2) is 35.2 Å². The Morgan fingerprint density at radius 2 is 1.84 bits per heavy atom. The summed E-state index contributed by atoms with van der Waals surface area (Å²) in [6.07, 6.45) is 0.451. The van der Waals surface area contributed by atoms with Crippen molar-refractivity contribution in [3.8, 4) is 22.6 Å². The molecule has 0 aliphatic heterocycles. The van der Waals surface area contributed by atoms with E-state index in [4.69, 9.17) is 15.2 Å². The number of ether oxygens (including phenoxy) is 2. The summed E-state index contributed by atoms with van der Waals surface area (Å²) < 4.78 is 22.5. The number of phenols is 1. The Morgan fingerprint density at radius 1 is 1.03 bits per heavy atom. The normalized spacial score (nSPS) is 14.9. The van der Waals surface area contributed by atoms with Gasteiger partial charge >= 0.3 is 7.60 Å². The van der Waals surface area contributed by atoms with E-state index in [-0.39, 0.29) is 17.0 Å². The van der Waals surface area contributed by atoms with Crippen LogP contribution in [0.3, 0.4) is 0 Å². The third-order valence-electron chi connectivity index (χ3n) is 5.46. The lowest BCUT2D eigenvalue weighted by molar-refractivity contribution is 0.146. The molecule has 1 unspecified atom stereocenters. The number of methoxy groups -OCH3 is 1. The van der Waals surface area contributed by atoms with Crippen molar-refractivity contribution in [3.05, 3.63) is 71.3 Å². The molecule has 5 N–H and O–H groups in total. The molecular formula is C23H24NO6P. The van der Waals surface area contributed by atoms with Crippen LogP contribution < -0.4 is 15.8 Å². The number of nitrogen functional groups attached to an aromatic ring is 1. The van der Waals surface area contributed by atoms with E-state index in [1.54, 1.807) is 13.2 Å². The first-order chi connectivity index (χ1) is 14.8. The van der Waals surface area contributed by atoms with E-state index in [1.165, 1.54) is 18.2 Å². The number of hydrogen-bond donors (Lipinski definition) is 4. The summed E-state index contributed by atoms with van der Waals surface area (Å²) in [5.74, 6) is 0.567. The van der Waals surface area contributed by atoms with Crippen LogP contribution in [0.15, 0.2) is 54.6 Å². The number of rotatable bonds is 7. The smallest absolute Gasteiger partial charge is 0.356 e. The van der Waals surface area contributed by atoms with Gasteiger partial charge in [-0.05, 0) is 59.0 Å². The number of benzene rings is 3. The predicted molar refractivity (Wildman–Crippen MR) is 119 cm³/mol. The van der Waals surface area contributed by atoms with Gasteiger partial charge in [0.1, 0.15) is 18.1 Å². The second kappa shape index (κ2) is 8.36. The summed E-state index contributed by atoms with van der Waals surface area (Å²) >= 11 is 0.